The summed E-state index contributed by atoms with van der Waals surface area (Å²) in [5, 5.41) is 0. The lowest BCUT2D eigenvalue weighted by Crippen LogP contribution is -2.29. The number of aromatic nitrogens is 2. The lowest BCUT2D eigenvalue weighted by Gasteiger charge is -2.17. The summed E-state index contributed by atoms with van der Waals surface area (Å²) in [5.74, 6) is -3.76. The van der Waals surface area contributed by atoms with E-state index < -0.39 is 38.4 Å². The number of sulfonamides is 1. The topological polar surface area (TPSA) is 73.2 Å². The van der Waals surface area contributed by atoms with Crippen molar-refractivity contribution in [2.75, 3.05) is 0 Å². The average molecular weight is 439 g/mol. The van der Waals surface area contributed by atoms with Crippen LogP contribution in [0, 0.1) is 24.4 Å². The molecule has 1 heterocycles. The van der Waals surface area contributed by atoms with Crippen LogP contribution in [0.2, 0.25) is 0 Å². The minimum atomic E-state index is -4.47. The molecule has 1 aromatic heterocycles. The van der Waals surface area contributed by atoms with E-state index in [-0.39, 0.29) is 12.1 Å². The van der Waals surface area contributed by atoms with Gasteiger partial charge in [0, 0.05) is 12.6 Å². The Balaban J connectivity index is 1.86. The van der Waals surface area contributed by atoms with Crippen molar-refractivity contribution in [3.8, 4) is 11.8 Å². The molecule has 1 atom stereocenters. The van der Waals surface area contributed by atoms with E-state index in [1.807, 2.05) is 26.0 Å². The molecule has 0 fully saturated rings. The number of hydrogen-bond acceptors (Lipinski definition) is 4. The van der Waals surface area contributed by atoms with Gasteiger partial charge in [-0.05, 0) is 39.0 Å². The number of hydrogen-bond donors (Lipinski definition) is 1. The van der Waals surface area contributed by atoms with Crippen LogP contribution in [0.15, 0.2) is 47.5 Å². The van der Waals surface area contributed by atoms with E-state index in [0.717, 1.165) is 5.56 Å². The van der Waals surface area contributed by atoms with Crippen molar-refractivity contribution >= 4 is 10.0 Å². The van der Waals surface area contributed by atoms with E-state index in [4.69, 9.17) is 4.74 Å². The third-order valence-electron chi connectivity index (χ3n) is 4.44. The van der Waals surface area contributed by atoms with Crippen molar-refractivity contribution in [2.24, 2.45) is 0 Å². The Morgan fingerprint density at radius 2 is 1.73 bits per heavy atom. The van der Waals surface area contributed by atoms with Gasteiger partial charge in [0.05, 0.1) is 17.9 Å². The lowest BCUT2D eigenvalue weighted by atomic mass is 10.2. The molecule has 0 spiro atoms. The van der Waals surface area contributed by atoms with E-state index >= 15 is 0 Å². The Kier molecular flexibility index (Phi) is 6.18. The SMILES string of the molecule is CCn1c(C(C)NS(=O)(=O)c2cc(F)c(F)cc2F)cnc1Oc1ccc(C)cc1. The summed E-state index contributed by atoms with van der Waals surface area (Å²) in [4.78, 5) is 3.21. The molecule has 160 valence electrons. The van der Waals surface area contributed by atoms with Crippen LogP contribution in [0.1, 0.15) is 31.1 Å². The van der Waals surface area contributed by atoms with Gasteiger partial charge in [-0.2, -0.15) is 0 Å². The number of halogens is 3. The number of aryl methyl sites for hydroxylation is 1. The molecular weight excluding hydrogens is 419 g/mol. The molecule has 0 aliphatic carbocycles. The first kappa shape index (κ1) is 21.8. The highest BCUT2D eigenvalue weighted by molar-refractivity contribution is 7.89. The second kappa shape index (κ2) is 8.49. The summed E-state index contributed by atoms with van der Waals surface area (Å²) in [6.45, 7) is 5.71. The predicted octanol–water partition coefficient (Wildman–Crippen LogP) is 4.46. The van der Waals surface area contributed by atoms with E-state index in [0.29, 0.717) is 24.1 Å². The van der Waals surface area contributed by atoms with Gasteiger partial charge in [-0.25, -0.2) is 31.3 Å². The number of ether oxygens (including phenoxy) is 1. The smallest absolute Gasteiger partial charge is 0.302 e. The first-order valence-electron chi connectivity index (χ1n) is 9.09. The fraction of sp³-hybridized carbons (Fsp3) is 0.250. The molecule has 0 saturated heterocycles. The molecule has 0 aliphatic rings. The molecule has 6 nitrogen and oxygen atoms in total. The van der Waals surface area contributed by atoms with Gasteiger partial charge in [-0.15, -0.1) is 0 Å². The summed E-state index contributed by atoms with van der Waals surface area (Å²) >= 11 is 0. The third kappa shape index (κ3) is 4.49. The van der Waals surface area contributed by atoms with Crippen molar-refractivity contribution in [1.82, 2.24) is 14.3 Å². The van der Waals surface area contributed by atoms with Gasteiger partial charge in [0.2, 0.25) is 10.0 Å². The van der Waals surface area contributed by atoms with E-state index in [9.17, 15) is 21.6 Å². The molecule has 0 amide bonds. The zero-order valence-corrected chi connectivity index (χ0v) is 17.3. The van der Waals surface area contributed by atoms with Crippen molar-refractivity contribution in [3.63, 3.8) is 0 Å². The average Bonchev–Trinajstić information content (AvgIpc) is 3.08. The van der Waals surface area contributed by atoms with Crippen LogP contribution in [0.4, 0.5) is 13.2 Å². The summed E-state index contributed by atoms with van der Waals surface area (Å²) < 4.78 is 75.2. The Morgan fingerprint density at radius 1 is 1.10 bits per heavy atom. The van der Waals surface area contributed by atoms with Gasteiger partial charge >= 0.3 is 6.01 Å². The molecule has 30 heavy (non-hydrogen) atoms. The van der Waals surface area contributed by atoms with Gasteiger partial charge in [0.15, 0.2) is 11.6 Å². The maximum Gasteiger partial charge on any atom is 0.302 e. The van der Waals surface area contributed by atoms with Crippen LogP contribution in [-0.4, -0.2) is 18.0 Å². The van der Waals surface area contributed by atoms with Crippen molar-refractivity contribution in [1.29, 1.82) is 0 Å². The highest BCUT2D eigenvalue weighted by Gasteiger charge is 2.26. The Labute approximate surface area is 172 Å². The number of nitrogens with zero attached hydrogens (tertiary/aromatic N) is 2. The molecule has 0 radical (unpaired) electrons. The summed E-state index contributed by atoms with van der Waals surface area (Å²) in [6.07, 6.45) is 1.43. The van der Waals surface area contributed by atoms with Crippen molar-refractivity contribution in [2.45, 2.75) is 38.3 Å². The Morgan fingerprint density at radius 3 is 2.37 bits per heavy atom. The molecule has 3 aromatic rings. The molecule has 0 bridgehead atoms. The van der Waals surface area contributed by atoms with E-state index in [2.05, 4.69) is 9.71 Å². The third-order valence-corrected chi connectivity index (χ3v) is 5.99. The highest BCUT2D eigenvalue weighted by Crippen LogP contribution is 2.26. The summed E-state index contributed by atoms with van der Waals surface area (Å²) in [7, 11) is -4.47. The molecular formula is C20H20F3N3O3S. The second-order valence-corrected chi connectivity index (χ2v) is 8.35. The molecule has 1 unspecified atom stereocenters. The normalized spacial score (nSPS) is 12.7. The first-order valence-corrected chi connectivity index (χ1v) is 10.6. The van der Waals surface area contributed by atoms with Crippen LogP contribution in [0.5, 0.6) is 11.8 Å². The lowest BCUT2D eigenvalue weighted by molar-refractivity contribution is 0.408. The predicted molar refractivity (Wildman–Crippen MR) is 104 cm³/mol. The Hall–Kier alpha value is -2.85. The van der Waals surface area contributed by atoms with E-state index in [1.54, 1.807) is 16.7 Å². The highest BCUT2D eigenvalue weighted by atomic mass is 32.2. The van der Waals surface area contributed by atoms with Crippen molar-refractivity contribution in [3.05, 3.63) is 71.3 Å². The molecule has 1 N–H and O–H groups in total. The fourth-order valence-corrected chi connectivity index (χ4v) is 4.18. The molecule has 2 aromatic carbocycles. The number of benzene rings is 2. The maximum absolute atomic E-state index is 13.9. The van der Waals surface area contributed by atoms with Gasteiger partial charge in [0.25, 0.3) is 0 Å². The van der Waals surface area contributed by atoms with Gasteiger partial charge in [-0.1, -0.05) is 17.7 Å². The monoisotopic (exact) mass is 439 g/mol. The standard InChI is InChI=1S/C20H20F3N3O3S/c1-4-26-18(11-24-20(26)29-14-7-5-12(2)6-8-14)13(3)25-30(27,28)19-10-16(22)15(21)9-17(19)23/h5-11,13,25H,4H2,1-3H3. The zero-order chi connectivity index (χ0) is 22.1. The number of nitrogens with one attached hydrogen (secondary N) is 1. The summed E-state index contributed by atoms with van der Waals surface area (Å²) in [5.41, 5.74) is 1.51. The van der Waals surface area contributed by atoms with Gasteiger partial charge in [0.1, 0.15) is 16.5 Å². The van der Waals surface area contributed by atoms with E-state index in [1.165, 1.54) is 13.1 Å². The van der Waals surface area contributed by atoms with Crippen LogP contribution in [0.25, 0.3) is 0 Å². The zero-order valence-electron chi connectivity index (χ0n) is 16.5. The minimum absolute atomic E-state index is 0.193. The first-order chi connectivity index (χ1) is 14.1. The molecule has 0 aliphatic heterocycles. The van der Waals surface area contributed by atoms with Crippen LogP contribution < -0.4 is 9.46 Å². The second-order valence-electron chi connectivity index (χ2n) is 6.66. The minimum Gasteiger partial charge on any atom is -0.426 e. The summed E-state index contributed by atoms with van der Waals surface area (Å²) in [6, 6.07) is 7.21. The van der Waals surface area contributed by atoms with Gasteiger partial charge < -0.3 is 4.74 Å². The molecule has 10 heteroatoms. The molecule has 0 saturated carbocycles. The maximum atomic E-state index is 13.9. The van der Waals surface area contributed by atoms with Crippen LogP contribution >= 0.6 is 0 Å². The quantitative estimate of drug-likeness (QED) is 0.552. The number of rotatable bonds is 7. The van der Waals surface area contributed by atoms with Crippen LogP contribution in [-0.2, 0) is 16.6 Å². The largest absolute Gasteiger partial charge is 0.426 e. The number of imidazole rings is 1. The van der Waals surface area contributed by atoms with Gasteiger partial charge in [-0.3, -0.25) is 4.57 Å². The Bertz CT molecular complexity index is 1160. The molecule has 3 rings (SSSR count). The van der Waals surface area contributed by atoms with Crippen LogP contribution in [0.3, 0.4) is 0 Å². The van der Waals surface area contributed by atoms with Crippen molar-refractivity contribution < 1.29 is 26.3 Å². The fourth-order valence-electron chi connectivity index (χ4n) is 2.89.